The molecule has 4 heterocycles. The Hall–Kier alpha value is -2.15. The van der Waals surface area contributed by atoms with Crippen LogP contribution in [0, 0.1) is 5.92 Å². The molecule has 0 spiro atoms. The van der Waals surface area contributed by atoms with E-state index in [4.69, 9.17) is 9.84 Å². The zero-order valence-corrected chi connectivity index (χ0v) is 15.6. The number of aromatic nitrogens is 3. The van der Waals surface area contributed by atoms with Gasteiger partial charge in [-0.25, -0.2) is 9.50 Å². The van der Waals surface area contributed by atoms with Crippen molar-refractivity contribution in [2.75, 3.05) is 31.2 Å². The summed E-state index contributed by atoms with van der Waals surface area (Å²) in [5.74, 6) is 1.79. The fourth-order valence-electron chi connectivity index (χ4n) is 4.29. The van der Waals surface area contributed by atoms with Crippen molar-refractivity contribution < 1.29 is 9.53 Å². The highest BCUT2D eigenvalue weighted by Gasteiger charge is 2.31. The number of carbonyl (C=O) groups excluding carboxylic acids is 1. The smallest absolute Gasteiger partial charge is 0.225 e. The first-order chi connectivity index (χ1) is 13.3. The molecular formula is C20H27N5O2. The van der Waals surface area contributed by atoms with Crippen LogP contribution < -0.4 is 10.2 Å². The van der Waals surface area contributed by atoms with Crippen LogP contribution in [0.4, 0.5) is 5.82 Å². The Kier molecular flexibility index (Phi) is 4.47. The number of anilines is 1. The van der Waals surface area contributed by atoms with E-state index in [1.807, 2.05) is 16.9 Å². The Morgan fingerprint density at radius 1 is 1.19 bits per heavy atom. The third-order valence-corrected chi connectivity index (χ3v) is 6.04. The molecule has 1 amide bonds. The minimum Gasteiger partial charge on any atom is -0.381 e. The highest BCUT2D eigenvalue weighted by atomic mass is 16.5. The molecule has 7 nitrogen and oxygen atoms in total. The highest BCUT2D eigenvalue weighted by Crippen LogP contribution is 2.40. The van der Waals surface area contributed by atoms with E-state index in [0.29, 0.717) is 5.92 Å². The first kappa shape index (κ1) is 17.0. The number of rotatable bonds is 4. The molecule has 7 heteroatoms. The number of hydrogen-bond donors (Lipinski definition) is 1. The van der Waals surface area contributed by atoms with Crippen LogP contribution in [-0.4, -0.2) is 52.9 Å². The Morgan fingerprint density at radius 3 is 2.85 bits per heavy atom. The van der Waals surface area contributed by atoms with E-state index in [-0.39, 0.29) is 17.9 Å². The maximum absolute atomic E-state index is 12.8. The number of piperidine rings is 1. The summed E-state index contributed by atoms with van der Waals surface area (Å²) in [6.07, 6.45) is 10.0. The summed E-state index contributed by atoms with van der Waals surface area (Å²) in [5.41, 5.74) is 2.24. The van der Waals surface area contributed by atoms with Crippen LogP contribution >= 0.6 is 0 Å². The maximum atomic E-state index is 12.8. The predicted octanol–water partition coefficient (Wildman–Crippen LogP) is 2.12. The van der Waals surface area contributed by atoms with Crippen LogP contribution in [0.2, 0.25) is 0 Å². The molecule has 27 heavy (non-hydrogen) atoms. The molecule has 0 radical (unpaired) electrons. The van der Waals surface area contributed by atoms with E-state index in [9.17, 15) is 4.79 Å². The first-order valence-electron chi connectivity index (χ1n) is 10.3. The topological polar surface area (TPSA) is 71.8 Å². The molecule has 144 valence electrons. The van der Waals surface area contributed by atoms with Gasteiger partial charge in [0.1, 0.15) is 5.52 Å². The van der Waals surface area contributed by atoms with E-state index in [1.165, 1.54) is 18.5 Å². The van der Waals surface area contributed by atoms with Crippen LogP contribution in [0.3, 0.4) is 0 Å². The molecule has 1 aliphatic carbocycles. The van der Waals surface area contributed by atoms with Crippen LogP contribution in [0.5, 0.6) is 0 Å². The molecule has 2 aliphatic heterocycles. The molecule has 1 N–H and O–H groups in total. The number of amides is 1. The van der Waals surface area contributed by atoms with Gasteiger partial charge in [0.25, 0.3) is 0 Å². The fraction of sp³-hybridized carbons (Fsp3) is 0.650. The normalized spacial score (nSPS) is 24.3. The number of hydrogen-bond acceptors (Lipinski definition) is 5. The SMILES string of the molecule is O=C(NC1CCOCC1)C1CCCN(c2nccn3nc(C4CC4)cc23)C1. The lowest BCUT2D eigenvalue weighted by molar-refractivity contribution is -0.126. The molecule has 3 aliphatic rings. The number of nitrogens with one attached hydrogen (secondary N) is 1. The van der Waals surface area contributed by atoms with Gasteiger partial charge in [0.05, 0.1) is 11.6 Å². The maximum Gasteiger partial charge on any atom is 0.225 e. The van der Waals surface area contributed by atoms with Gasteiger partial charge in [0, 0.05) is 50.7 Å². The summed E-state index contributed by atoms with van der Waals surface area (Å²) >= 11 is 0. The van der Waals surface area contributed by atoms with Crippen molar-refractivity contribution >= 4 is 17.2 Å². The lowest BCUT2D eigenvalue weighted by atomic mass is 9.96. The second-order valence-corrected chi connectivity index (χ2v) is 8.10. The lowest BCUT2D eigenvalue weighted by Crippen LogP contribution is -2.47. The Morgan fingerprint density at radius 2 is 2.04 bits per heavy atom. The largest absolute Gasteiger partial charge is 0.381 e. The zero-order valence-electron chi connectivity index (χ0n) is 15.6. The van der Waals surface area contributed by atoms with Crippen molar-refractivity contribution in [3.05, 3.63) is 24.2 Å². The third kappa shape index (κ3) is 3.52. The summed E-state index contributed by atoms with van der Waals surface area (Å²) < 4.78 is 7.34. The van der Waals surface area contributed by atoms with Gasteiger partial charge in [0.15, 0.2) is 5.82 Å². The van der Waals surface area contributed by atoms with Gasteiger partial charge >= 0.3 is 0 Å². The van der Waals surface area contributed by atoms with Crippen molar-refractivity contribution in [3.8, 4) is 0 Å². The molecule has 0 aromatic carbocycles. The van der Waals surface area contributed by atoms with Gasteiger partial charge in [0.2, 0.25) is 5.91 Å². The monoisotopic (exact) mass is 369 g/mol. The molecule has 0 bridgehead atoms. The molecule has 2 aromatic rings. The average Bonchev–Trinajstić information content (AvgIpc) is 3.47. The van der Waals surface area contributed by atoms with E-state index >= 15 is 0 Å². The van der Waals surface area contributed by atoms with Crippen molar-refractivity contribution in [2.24, 2.45) is 5.92 Å². The van der Waals surface area contributed by atoms with Crippen LogP contribution in [0.25, 0.3) is 5.52 Å². The molecule has 3 fully saturated rings. The van der Waals surface area contributed by atoms with Gasteiger partial charge in [-0.05, 0) is 44.6 Å². The second-order valence-electron chi connectivity index (χ2n) is 8.10. The minimum absolute atomic E-state index is 0.0227. The summed E-state index contributed by atoms with van der Waals surface area (Å²) in [5, 5.41) is 7.96. The average molecular weight is 369 g/mol. The Bertz CT molecular complexity index is 825. The zero-order chi connectivity index (χ0) is 18.2. The summed E-state index contributed by atoms with van der Waals surface area (Å²) in [6.45, 7) is 3.17. The fourth-order valence-corrected chi connectivity index (χ4v) is 4.29. The van der Waals surface area contributed by atoms with Gasteiger partial charge in [-0.1, -0.05) is 0 Å². The number of nitrogens with zero attached hydrogens (tertiary/aromatic N) is 4. The van der Waals surface area contributed by atoms with Gasteiger partial charge in [-0.15, -0.1) is 0 Å². The molecule has 1 saturated carbocycles. The highest BCUT2D eigenvalue weighted by molar-refractivity contribution is 5.80. The van der Waals surface area contributed by atoms with Crippen molar-refractivity contribution in [1.29, 1.82) is 0 Å². The number of fused-ring (bicyclic) bond motifs is 1. The first-order valence-corrected chi connectivity index (χ1v) is 10.3. The molecule has 1 atom stereocenters. The van der Waals surface area contributed by atoms with Crippen molar-refractivity contribution in [1.82, 2.24) is 19.9 Å². The molecular weight excluding hydrogens is 342 g/mol. The molecule has 5 rings (SSSR count). The van der Waals surface area contributed by atoms with Gasteiger partial charge in [-0.3, -0.25) is 4.79 Å². The Labute approximate surface area is 159 Å². The second kappa shape index (κ2) is 7.11. The van der Waals surface area contributed by atoms with E-state index in [0.717, 1.165) is 63.3 Å². The summed E-state index contributed by atoms with van der Waals surface area (Å²) in [6, 6.07) is 2.45. The van der Waals surface area contributed by atoms with Crippen LogP contribution in [0.1, 0.15) is 50.1 Å². The number of carbonyl (C=O) groups is 1. The number of ether oxygens (including phenoxy) is 1. The summed E-state index contributed by atoms with van der Waals surface area (Å²) in [7, 11) is 0. The van der Waals surface area contributed by atoms with Crippen LogP contribution in [-0.2, 0) is 9.53 Å². The standard InChI is InChI=1S/C20H27N5O2/c26-20(22-16-5-10-27-11-6-16)15-2-1-8-24(13-15)19-18-12-17(14-3-4-14)23-25(18)9-7-21-19/h7,9,12,14-16H,1-6,8,10-11,13H2,(H,22,26). The third-order valence-electron chi connectivity index (χ3n) is 6.04. The van der Waals surface area contributed by atoms with Gasteiger partial charge < -0.3 is 15.0 Å². The molecule has 2 aromatic heterocycles. The van der Waals surface area contributed by atoms with Crippen molar-refractivity contribution in [3.63, 3.8) is 0 Å². The quantitative estimate of drug-likeness (QED) is 0.894. The van der Waals surface area contributed by atoms with E-state index < -0.39 is 0 Å². The lowest BCUT2D eigenvalue weighted by Gasteiger charge is -2.34. The predicted molar refractivity (Wildman–Crippen MR) is 102 cm³/mol. The minimum atomic E-state index is 0.0227. The molecule has 1 unspecified atom stereocenters. The van der Waals surface area contributed by atoms with E-state index in [2.05, 4.69) is 21.3 Å². The van der Waals surface area contributed by atoms with Crippen molar-refractivity contribution in [2.45, 2.75) is 50.5 Å². The van der Waals surface area contributed by atoms with Crippen LogP contribution in [0.15, 0.2) is 18.5 Å². The molecule has 2 saturated heterocycles. The van der Waals surface area contributed by atoms with E-state index in [1.54, 1.807) is 0 Å². The van der Waals surface area contributed by atoms with Gasteiger partial charge in [-0.2, -0.15) is 5.10 Å². The Balaban J connectivity index is 1.32. The summed E-state index contributed by atoms with van der Waals surface area (Å²) in [4.78, 5) is 19.7.